The monoisotopic (exact) mass is 379 g/mol. The van der Waals surface area contributed by atoms with Gasteiger partial charge in [0.15, 0.2) is 0 Å². The van der Waals surface area contributed by atoms with E-state index in [9.17, 15) is 4.79 Å². The maximum Gasteiger partial charge on any atom is 0.241 e. The van der Waals surface area contributed by atoms with Crippen LogP contribution < -0.4 is 4.90 Å². The minimum atomic E-state index is 0.165. The van der Waals surface area contributed by atoms with Crippen molar-refractivity contribution >= 4 is 11.6 Å². The van der Waals surface area contributed by atoms with E-state index >= 15 is 0 Å². The van der Waals surface area contributed by atoms with Crippen molar-refractivity contribution in [3.8, 4) is 0 Å². The van der Waals surface area contributed by atoms with E-state index in [2.05, 4.69) is 35.0 Å². The predicted molar refractivity (Wildman–Crippen MR) is 110 cm³/mol. The van der Waals surface area contributed by atoms with Gasteiger partial charge in [-0.2, -0.15) is 0 Å². The van der Waals surface area contributed by atoms with Gasteiger partial charge in [-0.15, -0.1) is 0 Å². The summed E-state index contributed by atoms with van der Waals surface area (Å²) in [6.45, 7) is 5.57. The minimum Gasteiger partial charge on any atom is -0.377 e. The molecule has 1 fully saturated rings. The van der Waals surface area contributed by atoms with Gasteiger partial charge in [0.25, 0.3) is 0 Å². The third kappa shape index (κ3) is 4.59. The summed E-state index contributed by atoms with van der Waals surface area (Å²) in [4.78, 5) is 21.9. The summed E-state index contributed by atoms with van der Waals surface area (Å²) in [6, 6.07) is 12.4. The van der Waals surface area contributed by atoms with Gasteiger partial charge in [-0.1, -0.05) is 23.8 Å². The van der Waals surface area contributed by atoms with Crippen molar-refractivity contribution in [2.75, 3.05) is 31.1 Å². The van der Waals surface area contributed by atoms with Crippen molar-refractivity contribution in [1.82, 2.24) is 9.88 Å². The van der Waals surface area contributed by atoms with Gasteiger partial charge in [0.2, 0.25) is 5.91 Å². The van der Waals surface area contributed by atoms with Crippen LogP contribution in [0.15, 0.2) is 42.6 Å². The fraction of sp³-hybridized carbons (Fsp3) is 0.478. The Morgan fingerprint density at radius 1 is 1.29 bits per heavy atom. The average Bonchev–Trinajstić information content (AvgIpc) is 3.21. The number of fused-ring (bicyclic) bond motifs is 1. The molecule has 1 atom stereocenters. The number of hydrogen-bond acceptors (Lipinski definition) is 4. The number of rotatable bonds is 6. The lowest BCUT2D eigenvalue weighted by Crippen LogP contribution is -2.44. The van der Waals surface area contributed by atoms with E-state index in [0.717, 1.165) is 56.8 Å². The van der Waals surface area contributed by atoms with Gasteiger partial charge in [-0.05, 0) is 56.4 Å². The largest absolute Gasteiger partial charge is 0.377 e. The second-order valence-electron chi connectivity index (χ2n) is 7.91. The number of pyridine rings is 1. The number of aromatic nitrogens is 1. The van der Waals surface area contributed by atoms with Crippen LogP contribution in [0, 0.1) is 6.92 Å². The van der Waals surface area contributed by atoms with Crippen molar-refractivity contribution in [1.29, 1.82) is 0 Å². The van der Waals surface area contributed by atoms with Crippen LogP contribution >= 0.6 is 0 Å². The van der Waals surface area contributed by atoms with E-state index in [1.165, 1.54) is 11.1 Å². The number of nitrogens with zero attached hydrogens (tertiary/aromatic N) is 3. The fourth-order valence-corrected chi connectivity index (χ4v) is 4.24. The predicted octanol–water partition coefficient (Wildman–Crippen LogP) is 3.35. The Hall–Kier alpha value is -2.24. The molecule has 4 rings (SSSR count). The molecule has 5 heteroatoms. The molecule has 2 aliphatic rings. The number of amides is 1. The van der Waals surface area contributed by atoms with Gasteiger partial charge in [0.05, 0.1) is 18.3 Å². The molecule has 1 aromatic carbocycles. The molecule has 1 amide bonds. The molecule has 0 spiro atoms. The van der Waals surface area contributed by atoms with Gasteiger partial charge < -0.3 is 9.64 Å². The maximum absolute atomic E-state index is 13.2. The molecule has 1 aromatic heterocycles. The molecule has 2 aliphatic heterocycles. The number of aryl methyl sites for hydroxylation is 2. The van der Waals surface area contributed by atoms with E-state index < -0.39 is 0 Å². The third-order valence-corrected chi connectivity index (χ3v) is 5.61. The molecule has 0 N–H and O–H groups in total. The topological polar surface area (TPSA) is 45.7 Å². The quantitative estimate of drug-likeness (QED) is 0.772. The highest BCUT2D eigenvalue weighted by Crippen LogP contribution is 2.28. The van der Waals surface area contributed by atoms with E-state index in [4.69, 9.17) is 4.74 Å². The fourth-order valence-electron chi connectivity index (χ4n) is 4.24. The second kappa shape index (κ2) is 8.84. The standard InChI is InChI=1S/C23H29N3O2/c1-18-9-10-22-19(14-18)6-4-12-26(22)23(27)17-25(16-21-8-5-13-28-21)15-20-7-2-3-11-24-20/h2-3,7,9-11,14,21H,4-6,8,12-13,15-17H2,1H3/t21-/m1/s1. The van der Waals surface area contributed by atoms with Crippen LogP contribution in [0.25, 0.3) is 0 Å². The SMILES string of the molecule is Cc1ccc2c(c1)CCCN2C(=O)CN(Cc1ccccn1)C[C@H]1CCCO1. The highest BCUT2D eigenvalue weighted by Gasteiger charge is 2.26. The Bertz CT molecular complexity index is 803. The van der Waals surface area contributed by atoms with E-state index in [1.807, 2.05) is 29.3 Å². The summed E-state index contributed by atoms with van der Waals surface area (Å²) in [7, 11) is 0. The molecule has 1 saturated heterocycles. The van der Waals surface area contributed by atoms with Crippen LogP contribution in [0.1, 0.15) is 36.1 Å². The van der Waals surface area contributed by atoms with E-state index in [1.54, 1.807) is 0 Å². The number of hydrogen-bond donors (Lipinski definition) is 0. The summed E-state index contributed by atoms with van der Waals surface area (Å²) in [6.07, 6.45) is 6.27. The van der Waals surface area contributed by atoms with Crippen molar-refractivity contribution < 1.29 is 9.53 Å². The first kappa shape index (κ1) is 19.1. The lowest BCUT2D eigenvalue weighted by molar-refractivity contribution is -0.120. The van der Waals surface area contributed by atoms with E-state index in [0.29, 0.717) is 13.1 Å². The summed E-state index contributed by atoms with van der Waals surface area (Å²) >= 11 is 0. The molecule has 2 aromatic rings. The molecule has 0 unspecified atom stereocenters. The Labute approximate surface area is 167 Å². The van der Waals surface area contributed by atoms with Crippen molar-refractivity contribution in [2.45, 2.75) is 45.3 Å². The maximum atomic E-state index is 13.2. The first-order valence-corrected chi connectivity index (χ1v) is 10.3. The number of benzene rings is 1. The van der Waals surface area contributed by atoms with Gasteiger partial charge >= 0.3 is 0 Å². The zero-order valence-electron chi connectivity index (χ0n) is 16.6. The number of carbonyl (C=O) groups is 1. The first-order chi connectivity index (χ1) is 13.7. The summed E-state index contributed by atoms with van der Waals surface area (Å²) in [5, 5.41) is 0. The number of anilines is 1. The Kier molecular flexibility index (Phi) is 6.03. The molecule has 0 bridgehead atoms. The molecule has 0 aliphatic carbocycles. The van der Waals surface area contributed by atoms with Gasteiger partial charge in [-0.25, -0.2) is 0 Å². The average molecular weight is 380 g/mol. The smallest absolute Gasteiger partial charge is 0.241 e. The Balaban J connectivity index is 1.48. The Morgan fingerprint density at radius 2 is 2.21 bits per heavy atom. The van der Waals surface area contributed by atoms with Gasteiger partial charge in [-0.3, -0.25) is 14.7 Å². The zero-order chi connectivity index (χ0) is 19.3. The van der Waals surface area contributed by atoms with Crippen LogP contribution in [0.2, 0.25) is 0 Å². The highest BCUT2D eigenvalue weighted by atomic mass is 16.5. The molecule has 28 heavy (non-hydrogen) atoms. The van der Waals surface area contributed by atoms with Crippen molar-refractivity contribution in [2.24, 2.45) is 0 Å². The molecule has 3 heterocycles. The van der Waals surface area contributed by atoms with E-state index in [-0.39, 0.29) is 12.0 Å². The molecule has 148 valence electrons. The van der Waals surface area contributed by atoms with Crippen LogP contribution in [-0.4, -0.2) is 48.1 Å². The summed E-state index contributed by atoms with van der Waals surface area (Å²) in [5.41, 5.74) is 4.61. The van der Waals surface area contributed by atoms with Crippen molar-refractivity contribution in [3.63, 3.8) is 0 Å². The van der Waals surface area contributed by atoms with Crippen LogP contribution in [0.3, 0.4) is 0 Å². The van der Waals surface area contributed by atoms with Gasteiger partial charge in [0, 0.05) is 38.1 Å². The van der Waals surface area contributed by atoms with Crippen molar-refractivity contribution in [3.05, 3.63) is 59.4 Å². The molecule has 0 saturated carbocycles. The Morgan fingerprint density at radius 3 is 3.00 bits per heavy atom. The summed E-state index contributed by atoms with van der Waals surface area (Å²) < 4.78 is 5.83. The van der Waals surface area contributed by atoms with Gasteiger partial charge in [0.1, 0.15) is 0 Å². The van der Waals surface area contributed by atoms with Crippen LogP contribution in [0.5, 0.6) is 0 Å². The molecular formula is C23H29N3O2. The molecule has 5 nitrogen and oxygen atoms in total. The number of ether oxygens (including phenoxy) is 1. The minimum absolute atomic E-state index is 0.165. The lowest BCUT2D eigenvalue weighted by Gasteiger charge is -2.32. The first-order valence-electron chi connectivity index (χ1n) is 10.3. The molecular weight excluding hydrogens is 350 g/mol. The van der Waals surface area contributed by atoms with Crippen LogP contribution in [-0.2, 0) is 22.5 Å². The lowest BCUT2D eigenvalue weighted by atomic mass is 9.99. The zero-order valence-corrected chi connectivity index (χ0v) is 16.6. The third-order valence-electron chi connectivity index (χ3n) is 5.61. The molecule has 0 radical (unpaired) electrons. The summed E-state index contributed by atoms with van der Waals surface area (Å²) in [5.74, 6) is 0.165. The highest BCUT2D eigenvalue weighted by molar-refractivity contribution is 5.96. The normalized spacial score (nSPS) is 19.1. The van der Waals surface area contributed by atoms with Crippen LogP contribution in [0.4, 0.5) is 5.69 Å². The number of carbonyl (C=O) groups excluding carboxylic acids is 1. The second-order valence-corrected chi connectivity index (χ2v) is 7.91.